The molecule has 2 aromatic heterocycles. The number of benzene rings is 2. The van der Waals surface area contributed by atoms with Gasteiger partial charge >= 0.3 is 11.7 Å². The Morgan fingerprint density at radius 1 is 1.03 bits per heavy atom. The van der Waals surface area contributed by atoms with Gasteiger partial charge in [0, 0.05) is 22.7 Å². The number of esters is 1. The molecular weight excluding hydrogens is 382 g/mol. The molecule has 0 aliphatic heterocycles. The van der Waals surface area contributed by atoms with E-state index in [-0.39, 0.29) is 6.04 Å². The third kappa shape index (κ3) is 2.85. The van der Waals surface area contributed by atoms with Crippen LogP contribution in [0.2, 0.25) is 0 Å². The first-order valence-corrected chi connectivity index (χ1v) is 9.77. The third-order valence-corrected chi connectivity index (χ3v) is 5.74. The normalized spacial score (nSPS) is 13.5. The molecule has 0 aliphatic carbocycles. The van der Waals surface area contributed by atoms with Gasteiger partial charge < -0.3 is 9.72 Å². The predicted octanol–water partition coefficient (Wildman–Crippen LogP) is 3.30. The first kappa shape index (κ1) is 19.7. The molecule has 0 saturated heterocycles. The summed E-state index contributed by atoms with van der Waals surface area (Å²) in [5, 5.41) is 1.41. The van der Waals surface area contributed by atoms with Crippen molar-refractivity contribution in [1.29, 1.82) is 0 Å². The summed E-state index contributed by atoms with van der Waals surface area (Å²) in [7, 11) is 1.24. The summed E-state index contributed by atoms with van der Waals surface area (Å²) in [5.74, 6) is -0.647. The van der Waals surface area contributed by atoms with E-state index in [1.807, 2.05) is 38.2 Å². The topological polar surface area (TPSA) is 86.1 Å². The Morgan fingerprint density at radius 2 is 1.77 bits per heavy atom. The van der Waals surface area contributed by atoms with E-state index in [1.165, 1.54) is 14.0 Å². The quantitative estimate of drug-likeness (QED) is 0.528. The molecule has 0 fully saturated rings. The molecule has 0 amide bonds. The van der Waals surface area contributed by atoms with Crippen LogP contribution in [-0.2, 0) is 9.53 Å². The molecule has 7 heteroatoms. The van der Waals surface area contributed by atoms with E-state index >= 15 is 0 Å². The van der Waals surface area contributed by atoms with Gasteiger partial charge in [0.2, 0.25) is 0 Å². The van der Waals surface area contributed by atoms with E-state index in [1.54, 1.807) is 28.8 Å². The Hall–Kier alpha value is -3.61. The number of carbonyl (C=O) groups is 1. The maximum Gasteiger partial charge on any atom is 0.332 e. The summed E-state index contributed by atoms with van der Waals surface area (Å²) in [6.07, 6.45) is 1.89. The van der Waals surface area contributed by atoms with Crippen LogP contribution in [0.5, 0.6) is 0 Å². The number of carbonyl (C=O) groups excluding carboxylic acids is 1. The van der Waals surface area contributed by atoms with Gasteiger partial charge in [-0.3, -0.25) is 9.36 Å². The van der Waals surface area contributed by atoms with Gasteiger partial charge in [0.1, 0.15) is 6.04 Å². The highest BCUT2D eigenvalue weighted by molar-refractivity contribution is 5.87. The molecule has 30 heavy (non-hydrogen) atoms. The molecule has 0 saturated carbocycles. The zero-order chi connectivity index (χ0) is 21.6. The minimum Gasteiger partial charge on any atom is -0.467 e. The number of rotatable bonds is 4. The molecule has 0 radical (unpaired) electrons. The number of nitrogens with zero attached hydrogens (tertiary/aromatic N) is 2. The van der Waals surface area contributed by atoms with Gasteiger partial charge in [-0.05, 0) is 44.5 Å². The molecule has 2 unspecified atom stereocenters. The smallest absolute Gasteiger partial charge is 0.332 e. The van der Waals surface area contributed by atoms with Crippen molar-refractivity contribution in [3.63, 3.8) is 0 Å². The number of aromatic amines is 1. The van der Waals surface area contributed by atoms with Crippen molar-refractivity contribution in [3.8, 4) is 0 Å². The Bertz CT molecular complexity index is 1390. The fourth-order valence-corrected chi connectivity index (χ4v) is 4.16. The number of fused-ring (bicyclic) bond motifs is 2. The van der Waals surface area contributed by atoms with Crippen LogP contribution in [0.3, 0.4) is 0 Å². The predicted molar refractivity (Wildman–Crippen MR) is 116 cm³/mol. The lowest BCUT2D eigenvalue weighted by Gasteiger charge is -2.21. The number of hydrogen-bond donors (Lipinski definition) is 1. The van der Waals surface area contributed by atoms with Gasteiger partial charge in [-0.1, -0.05) is 24.3 Å². The van der Waals surface area contributed by atoms with Crippen LogP contribution >= 0.6 is 0 Å². The van der Waals surface area contributed by atoms with E-state index in [2.05, 4.69) is 4.98 Å². The number of aryl methyl sites for hydroxylation is 1. The first-order chi connectivity index (χ1) is 14.4. The SMILES string of the molecule is COC(=O)C(C)n1c(=O)c2ccccc2n(C(C)c2c[nH]c3cccc(C)c23)c1=O. The van der Waals surface area contributed by atoms with E-state index in [9.17, 15) is 14.4 Å². The van der Waals surface area contributed by atoms with Crippen molar-refractivity contribution in [2.75, 3.05) is 7.11 Å². The lowest BCUT2D eigenvalue weighted by Crippen LogP contribution is -2.44. The number of methoxy groups -OCH3 is 1. The standard InChI is InChI=1S/C23H23N3O4/c1-13-8-7-10-18-20(13)17(12-24-18)14(2)25-19-11-6-5-9-16(19)21(27)26(23(25)29)15(3)22(28)30-4/h5-12,14-15,24H,1-4H3. The van der Waals surface area contributed by atoms with Gasteiger partial charge in [-0.15, -0.1) is 0 Å². The van der Waals surface area contributed by atoms with Gasteiger partial charge in [0.25, 0.3) is 5.56 Å². The number of para-hydroxylation sites is 1. The second-order valence-corrected chi connectivity index (χ2v) is 7.46. The third-order valence-electron chi connectivity index (χ3n) is 5.74. The molecule has 1 N–H and O–H groups in total. The summed E-state index contributed by atoms with van der Waals surface area (Å²) in [6.45, 7) is 5.43. The van der Waals surface area contributed by atoms with Crippen LogP contribution in [0, 0.1) is 6.92 Å². The van der Waals surface area contributed by atoms with Gasteiger partial charge in [-0.25, -0.2) is 14.2 Å². The van der Waals surface area contributed by atoms with Crippen LogP contribution in [0.1, 0.15) is 37.1 Å². The number of ether oxygens (including phenoxy) is 1. The van der Waals surface area contributed by atoms with Crippen molar-refractivity contribution >= 4 is 27.8 Å². The minimum atomic E-state index is -1.04. The average Bonchev–Trinajstić information content (AvgIpc) is 3.18. The fourth-order valence-electron chi connectivity index (χ4n) is 4.16. The number of hydrogen-bond acceptors (Lipinski definition) is 4. The van der Waals surface area contributed by atoms with Gasteiger partial charge in [-0.2, -0.15) is 0 Å². The van der Waals surface area contributed by atoms with Crippen molar-refractivity contribution in [2.45, 2.75) is 32.9 Å². The number of H-pyrrole nitrogens is 1. The second-order valence-electron chi connectivity index (χ2n) is 7.46. The first-order valence-electron chi connectivity index (χ1n) is 9.77. The molecule has 0 bridgehead atoms. The van der Waals surface area contributed by atoms with Crippen LogP contribution in [-0.4, -0.2) is 27.2 Å². The summed E-state index contributed by atoms with van der Waals surface area (Å²) in [5.41, 5.74) is 2.47. The summed E-state index contributed by atoms with van der Waals surface area (Å²) < 4.78 is 7.34. The molecule has 4 rings (SSSR count). The van der Waals surface area contributed by atoms with E-state index in [4.69, 9.17) is 4.74 Å². The van der Waals surface area contributed by atoms with Crippen LogP contribution in [0.25, 0.3) is 21.8 Å². The summed E-state index contributed by atoms with van der Waals surface area (Å²) in [4.78, 5) is 42.0. The largest absolute Gasteiger partial charge is 0.467 e. The molecule has 2 heterocycles. The van der Waals surface area contributed by atoms with Crippen LogP contribution in [0.15, 0.2) is 58.3 Å². The molecular formula is C23H23N3O4. The Morgan fingerprint density at radius 3 is 2.50 bits per heavy atom. The molecule has 0 aliphatic rings. The van der Waals surface area contributed by atoms with Crippen molar-refractivity contribution < 1.29 is 9.53 Å². The van der Waals surface area contributed by atoms with Gasteiger partial charge in [0.05, 0.1) is 24.1 Å². The molecule has 2 aromatic carbocycles. The lowest BCUT2D eigenvalue weighted by molar-refractivity contribution is -0.144. The highest BCUT2D eigenvalue weighted by Crippen LogP contribution is 2.30. The minimum absolute atomic E-state index is 0.372. The van der Waals surface area contributed by atoms with Crippen molar-refractivity contribution in [2.24, 2.45) is 0 Å². The second kappa shape index (κ2) is 7.33. The molecule has 7 nitrogen and oxygen atoms in total. The Labute approximate surface area is 172 Å². The van der Waals surface area contributed by atoms with E-state index in [0.29, 0.717) is 10.9 Å². The Balaban J connectivity index is 2.06. The maximum absolute atomic E-state index is 13.5. The van der Waals surface area contributed by atoms with Crippen LogP contribution < -0.4 is 11.2 Å². The van der Waals surface area contributed by atoms with Crippen molar-refractivity contribution in [3.05, 3.63) is 80.6 Å². The van der Waals surface area contributed by atoms with Crippen LogP contribution in [0.4, 0.5) is 0 Å². The molecule has 154 valence electrons. The lowest BCUT2D eigenvalue weighted by atomic mass is 10.0. The number of nitrogens with one attached hydrogen (secondary N) is 1. The average molecular weight is 405 g/mol. The van der Waals surface area contributed by atoms with Gasteiger partial charge in [0.15, 0.2) is 0 Å². The van der Waals surface area contributed by atoms with E-state index < -0.39 is 23.3 Å². The zero-order valence-corrected chi connectivity index (χ0v) is 17.3. The number of aromatic nitrogens is 3. The summed E-state index contributed by atoms with van der Waals surface area (Å²) in [6, 6.07) is 11.5. The Kier molecular flexibility index (Phi) is 4.81. The monoisotopic (exact) mass is 405 g/mol. The zero-order valence-electron chi connectivity index (χ0n) is 17.3. The maximum atomic E-state index is 13.5. The van der Waals surface area contributed by atoms with Crippen molar-refractivity contribution in [1.82, 2.24) is 14.1 Å². The molecule has 0 spiro atoms. The molecule has 2 atom stereocenters. The van der Waals surface area contributed by atoms with E-state index in [0.717, 1.165) is 26.6 Å². The highest BCUT2D eigenvalue weighted by atomic mass is 16.5. The molecule has 4 aromatic rings. The summed E-state index contributed by atoms with van der Waals surface area (Å²) >= 11 is 0. The highest BCUT2D eigenvalue weighted by Gasteiger charge is 2.26. The fraction of sp³-hybridized carbons (Fsp3) is 0.261.